The largest absolute Gasteiger partial charge is 0.313 e. The van der Waals surface area contributed by atoms with Crippen LogP contribution in [0.4, 0.5) is 4.39 Å². The summed E-state index contributed by atoms with van der Waals surface area (Å²) in [6.45, 7) is 1.80. The number of likely N-dealkylation sites (N-methyl/N-ethyl adjacent to an activating group) is 1. The van der Waals surface area contributed by atoms with Crippen molar-refractivity contribution in [1.82, 2.24) is 5.32 Å². The first kappa shape index (κ1) is 12.8. The smallest absolute Gasteiger partial charge is 0.130 e. The van der Waals surface area contributed by atoms with Gasteiger partial charge < -0.3 is 5.32 Å². The van der Waals surface area contributed by atoms with Crippen LogP contribution in [0.1, 0.15) is 22.7 Å². The Kier molecular flexibility index (Phi) is 4.11. The van der Waals surface area contributed by atoms with Crippen molar-refractivity contribution in [2.45, 2.75) is 19.4 Å². The fourth-order valence-corrected chi connectivity index (χ4v) is 2.16. The third-order valence-electron chi connectivity index (χ3n) is 3.23. The van der Waals surface area contributed by atoms with Gasteiger partial charge in [-0.05, 0) is 31.5 Å². The maximum absolute atomic E-state index is 14.1. The summed E-state index contributed by atoms with van der Waals surface area (Å²) in [4.78, 5) is 0. The number of hydrogen-bond donors (Lipinski definition) is 1. The van der Waals surface area contributed by atoms with Crippen molar-refractivity contribution < 1.29 is 4.39 Å². The number of rotatable bonds is 4. The lowest BCUT2D eigenvalue weighted by Crippen LogP contribution is -2.20. The molecule has 2 aromatic carbocycles. The molecule has 0 fully saturated rings. The maximum atomic E-state index is 14.1. The highest BCUT2D eigenvalue weighted by molar-refractivity contribution is 5.29. The van der Waals surface area contributed by atoms with Crippen LogP contribution in [0, 0.1) is 12.7 Å². The number of hydrogen-bond acceptors (Lipinski definition) is 1. The summed E-state index contributed by atoms with van der Waals surface area (Å²) in [6, 6.07) is 15.7. The Bertz CT molecular complexity index is 508. The van der Waals surface area contributed by atoms with Gasteiger partial charge in [-0.15, -0.1) is 0 Å². The first-order chi connectivity index (χ1) is 8.72. The highest BCUT2D eigenvalue weighted by atomic mass is 19.1. The van der Waals surface area contributed by atoms with Gasteiger partial charge in [-0.2, -0.15) is 0 Å². The number of aryl methyl sites for hydroxylation is 1. The molecule has 0 aromatic heterocycles. The van der Waals surface area contributed by atoms with Crippen LogP contribution >= 0.6 is 0 Å². The third kappa shape index (κ3) is 2.77. The average Bonchev–Trinajstić information content (AvgIpc) is 2.41. The van der Waals surface area contributed by atoms with E-state index in [0.29, 0.717) is 5.56 Å². The van der Waals surface area contributed by atoms with E-state index in [-0.39, 0.29) is 11.9 Å². The maximum Gasteiger partial charge on any atom is 0.130 e. The fourth-order valence-electron chi connectivity index (χ4n) is 2.16. The molecule has 1 atom stereocenters. The average molecular weight is 243 g/mol. The molecule has 1 N–H and O–H groups in total. The van der Waals surface area contributed by atoms with Crippen molar-refractivity contribution in [2.24, 2.45) is 0 Å². The van der Waals surface area contributed by atoms with Crippen LogP contribution in [0.15, 0.2) is 48.5 Å². The number of nitrogens with one attached hydrogen (secondary N) is 1. The van der Waals surface area contributed by atoms with Crippen molar-refractivity contribution in [2.75, 3.05) is 7.05 Å². The second kappa shape index (κ2) is 5.78. The molecule has 0 saturated carbocycles. The fraction of sp³-hybridized carbons (Fsp3) is 0.250. The van der Waals surface area contributed by atoms with Crippen LogP contribution in [0.5, 0.6) is 0 Å². The summed E-state index contributed by atoms with van der Waals surface area (Å²) >= 11 is 0. The van der Waals surface area contributed by atoms with E-state index in [1.54, 1.807) is 13.0 Å². The highest BCUT2D eigenvalue weighted by Gasteiger charge is 2.15. The first-order valence-corrected chi connectivity index (χ1v) is 6.18. The molecule has 0 aliphatic heterocycles. The van der Waals surface area contributed by atoms with Crippen LogP contribution < -0.4 is 5.32 Å². The van der Waals surface area contributed by atoms with Crippen LogP contribution in [-0.4, -0.2) is 7.05 Å². The third-order valence-corrected chi connectivity index (χ3v) is 3.23. The lowest BCUT2D eigenvalue weighted by Gasteiger charge is -2.18. The minimum atomic E-state index is -0.104. The van der Waals surface area contributed by atoms with E-state index >= 15 is 0 Å². The molecular weight excluding hydrogens is 225 g/mol. The lowest BCUT2D eigenvalue weighted by atomic mass is 9.97. The quantitative estimate of drug-likeness (QED) is 0.864. The second-order valence-corrected chi connectivity index (χ2v) is 4.51. The van der Waals surface area contributed by atoms with Crippen molar-refractivity contribution in [1.29, 1.82) is 0 Å². The molecule has 2 heteroatoms. The molecule has 18 heavy (non-hydrogen) atoms. The summed E-state index contributed by atoms with van der Waals surface area (Å²) in [5.74, 6) is -0.104. The molecule has 1 nitrogen and oxygen atoms in total. The monoisotopic (exact) mass is 243 g/mol. The minimum Gasteiger partial charge on any atom is -0.313 e. The minimum absolute atomic E-state index is 0.00676. The van der Waals surface area contributed by atoms with Crippen LogP contribution in [0.25, 0.3) is 0 Å². The van der Waals surface area contributed by atoms with E-state index < -0.39 is 0 Å². The molecule has 0 aliphatic rings. The Labute approximate surface area is 108 Å². The van der Waals surface area contributed by atoms with E-state index in [4.69, 9.17) is 0 Å². The van der Waals surface area contributed by atoms with E-state index in [2.05, 4.69) is 17.4 Å². The SMILES string of the molecule is CNC(Cc1ccccc1)c1cccc(C)c1F. The second-order valence-electron chi connectivity index (χ2n) is 4.51. The van der Waals surface area contributed by atoms with Gasteiger partial charge in [-0.25, -0.2) is 4.39 Å². The van der Waals surface area contributed by atoms with E-state index in [9.17, 15) is 4.39 Å². The lowest BCUT2D eigenvalue weighted by molar-refractivity contribution is 0.530. The highest BCUT2D eigenvalue weighted by Crippen LogP contribution is 2.22. The normalized spacial score (nSPS) is 12.4. The molecule has 0 heterocycles. The molecule has 2 rings (SSSR count). The van der Waals surface area contributed by atoms with Gasteiger partial charge in [0.1, 0.15) is 5.82 Å². The van der Waals surface area contributed by atoms with Gasteiger partial charge in [0.2, 0.25) is 0 Å². The van der Waals surface area contributed by atoms with E-state index in [1.165, 1.54) is 5.56 Å². The Hall–Kier alpha value is -1.67. The van der Waals surface area contributed by atoms with Crippen molar-refractivity contribution in [3.63, 3.8) is 0 Å². The summed E-state index contributed by atoms with van der Waals surface area (Å²) in [5, 5.41) is 3.19. The van der Waals surface area contributed by atoms with Crippen molar-refractivity contribution >= 4 is 0 Å². The van der Waals surface area contributed by atoms with Crippen LogP contribution in [-0.2, 0) is 6.42 Å². The van der Waals surface area contributed by atoms with Crippen molar-refractivity contribution in [3.8, 4) is 0 Å². The number of benzene rings is 2. The van der Waals surface area contributed by atoms with Gasteiger partial charge in [0.05, 0.1) is 0 Å². The standard InChI is InChI=1S/C16H18FN/c1-12-7-6-10-14(16(12)17)15(18-2)11-13-8-4-3-5-9-13/h3-10,15,18H,11H2,1-2H3. The summed E-state index contributed by atoms with van der Waals surface area (Å²) < 4.78 is 14.1. The first-order valence-electron chi connectivity index (χ1n) is 6.18. The van der Waals surface area contributed by atoms with Gasteiger partial charge in [0.25, 0.3) is 0 Å². The zero-order valence-electron chi connectivity index (χ0n) is 10.8. The van der Waals surface area contributed by atoms with Gasteiger partial charge in [-0.1, -0.05) is 48.5 Å². The molecule has 0 radical (unpaired) electrons. The molecule has 0 saturated heterocycles. The predicted octanol–water partition coefficient (Wildman–Crippen LogP) is 3.64. The summed E-state index contributed by atoms with van der Waals surface area (Å²) in [5.41, 5.74) is 2.64. The topological polar surface area (TPSA) is 12.0 Å². The van der Waals surface area contributed by atoms with E-state index in [1.807, 2.05) is 37.4 Å². The molecule has 0 aliphatic carbocycles. The van der Waals surface area contributed by atoms with Gasteiger partial charge in [0.15, 0.2) is 0 Å². The Morgan fingerprint density at radius 3 is 2.44 bits per heavy atom. The Morgan fingerprint density at radius 2 is 1.78 bits per heavy atom. The molecule has 0 amide bonds. The van der Waals surface area contributed by atoms with Gasteiger partial charge in [-0.3, -0.25) is 0 Å². The molecule has 0 spiro atoms. The molecule has 2 aromatic rings. The zero-order valence-corrected chi connectivity index (χ0v) is 10.8. The van der Waals surface area contributed by atoms with E-state index in [0.717, 1.165) is 12.0 Å². The van der Waals surface area contributed by atoms with Gasteiger partial charge >= 0.3 is 0 Å². The molecule has 0 bridgehead atoms. The van der Waals surface area contributed by atoms with Crippen LogP contribution in [0.2, 0.25) is 0 Å². The number of halogens is 1. The molecular formula is C16H18FN. The summed E-state index contributed by atoms with van der Waals surface area (Å²) in [7, 11) is 1.87. The molecule has 1 unspecified atom stereocenters. The van der Waals surface area contributed by atoms with Crippen LogP contribution in [0.3, 0.4) is 0 Å². The predicted molar refractivity (Wildman–Crippen MR) is 73.1 cm³/mol. The Morgan fingerprint density at radius 1 is 1.06 bits per heavy atom. The summed E-state index contributed by atoms with van der Waals surface area (Å²) in [6.07, 6.45) is 0.789. The van der Waals surface area contributed by atoms with Gasteiger partial charge in [0, 0.05) is 11.6 Å². The Balaban J connectivity index is 2.26. The van der Waals surface area contributed by atoms with Crippen molar-refractivity contribution in [3.05, 3.63) is 71.0 Å². The molecule has 94 valence electrons. The zero-order chi connectivity index (χ0) is 13.0.